The van der Waals surface area contributed by atoms with E-state index in [2.05, 4.69) is 149 Å². The number of ether oxygens (including phenoxy) is 3. The fourth-order valence-corrected chi connectivity index (χ4v) is 7.80. The van der Waals surface area contributed by atoms with Crippen LogP contribution in [0.25, 0.3) is 10.8 Å². The molecule has 276 valence electrons. The van der Waals surface area contributed by atoms with Gasteiger partial charge in [0.05, 0.1) is 25.9 Å². The second-order valence-corrected chi connectivity index (χ2v) is 15.8. The first-order chi connectivity index (χ1) is 26.2. The number of hydrogen-bond acceptors (Lipinski definition) is 6. The molecule has 0 amide bonds. The Hall–Kier alpha value is -4.79. The van der Waals surface area contributed by atoms with E-state index in [0.29, 0.717) is 26.3 Å². The van der Waals surface area contributed by atoms with Gasteiger partial charge in [-0.1, -0.05) is 155 Å². The lowest BCUT2D eigenvalue weighted by molar-refractivity contribution is -0.198. The summed E-state index contributed by atoms with van der Waals surface area (Å²) in [6.45, 7) is 6.96. The highest BCUT2D eigenvalue weighted by atomic mass is 79.9. The van der Waals surface area contributed by atoms with Gasteiger partial charge < -0.3 is 19.0 Å². The SMILES string of the molecule is CC(C)(C)OC(=O)ON1CC(COC(c2ccccc2)(c2ccccc2)c2ccccc2)C(c2ccc(Br)cc2)C(OCc2ccc3ccccc3c2)C1. The molecular weight excluding hydrogens is 738 g/mol. The van der Waals surface area contributed by atoms with Gasteiger partial charge in [-0.15, -0.1) is 5.06 Å². The summed E-state index contributed by atoms with van der Waals surface area (Å²) in [6.07, 6.45) is -1.10. The molecule has 1 aliphatic heterocycles. The van der Waals surface area contributed by atoms with Crippen LogP contribution in [0.2, 0.25) is 0 Å². The predicted octanol–water partition coefficient (Wildman–Crippen LogP) is 11.1. The van der Waals surface area contributed by atoms with E-state index in [4.69, 9.17) is 19.0 Å². The molecule has 3 atom stereocenters. The van der Waals surface area contributed by atoms with Crippen molar-refractivity contribution in [3.05, 3.63) is 190 Å². The van der Waals surface area contributed by atoms with Gasteiger partial charge in [0.1, 0.15) is 11.2 Å². The quantitative estimate of drug-likeness (QED) is 0.0963. The number of piperidine rings is 1. The summed E-state index contributed by atoms with van der Waals surface area (Å²) < 4.78 is 20.9. The summed E-state index contributed by atoms with van der Waals surface area (Å²) in [5.41, 5.74) is 3.61. The molecule has 0 bridgehead atoms. The molecule has 0 saturated carbocycles. The van der Waals surface area contributed by atoms with E-state index in [0.717, 1.165) is 37.7 Å². The number of hydrogen-bond donors (Lipinski definition) is 0. The first-order valence-electron chi connectivity index (χ1n) is 18.5. The topological polar surface area (TPSA) is 57.2 Å². The second-order valence-electron chi connectivity index (χ2n) is 14.9. The molecule has 0 aliphatic carbocycles. The van der Waals surface area contributed by atoms with Gasteiger partial charge in [0.2, 0.25) is 0 Å². The van der Waals surface area contributed by atoms with Crippen molar-refractivity contribution in [2.24, 2.45) is 5.92 Å². The fourth-order valence-electron chi connectivity index (χ4n) is 7.53. The first kappa shape index (κ1) is 37.5. The standard InChI is InChI=1S/C47H46BrNO5/c1-46(2,3)53-45(50)54-49-30-38(33-52-47(39-17-7-4-8-18-39,40-19-9-5-10-20-40)41-21-11-6-12-22-41)44(36-25-27-42(48)28-26-36)43(31-49)51-32-34-23-24-35-15-13-14-16-37(35)29-34/h4-29,38,43-44H,30-33H2,1-3H3. The third-order valence-corrected chi connectivity index (χ3v) is 10.4. The molecule has 1 aliphatic rings. The van der Waals surface area contributed by atoms with Crippen LogP contribution in [0.1, 0.15) is 54.5 Å². The first-order valence-corrected chi connectivity index (χ1v) is 19.3. The summed E-state index contributed by atoms with van der Waals surface area (Å²) in [6, 6.07) is 54.3. The van der Waals surface area contributed by atoms with E-state index < -0.39 is 17.4 Å². The van der Waals surface area contributed by atoms with Gasteiger partial charge in [0, 0.05) is 22.9 Å². The third kappa shape index (κ3) is 8.77. The van der Waals surface area contributed by atoms with E-state index in [-0.39, 0.29) is 17.9 Å². The number of carbonyl (C=O) groups excluding carboxylic acids is 1. The maximum atomic E-state index is 13.1. The highest BCUT2D eigenvalue weighted by Crippen LogP contribution is 2.43. The largest absolute Gasteiger partial charge is 0.528 e. The molecule has 0 N–H and O–H groups in total. The Morgan fingerprint density at radius 3 is 1.81 bits per heavy atom. The molecule has 1 saturated heterocycles. The highest BCUT2D eigenvalue weighted by molar-refractivity contribution is 9.10. The molecule has 6 nitrogen and oxygen atoms in total. The van der Waals surface area contributed by atoms with Crippen LogP contribution in [0.5, 0.6) is 0 Å². The van der Waals surface area contributed by atoms with E-state index in [1.165, 1.54) is 5.39 Å². The monoisotopic (exact) mass is 783 g/mol. The van der Waals surface area contributed by atoms with Crippen LogP contribution in [0.15, 0.2) is 162 Å². The number of halogens is 1. The fraction of sp³-hybridized carbons (Fsp3) is 0.255. The number of hydroxylamine groups is 2. The number of carbonyl (C=O) groups is 1. The lowest BCUT2D eigenvalue weighted by Crippen LogP contribution is -2.52. The minimum Gasteiger partial charge on any atom is -0.427 e. The van der Waals surface area contributed by atoms with Gasteiger partial charge in [-0.05, 0) is 77.6 Å². The van der Waals surface area contributed by atoms with Crippen LogP contribution in [0.4, 0.5) is 4.79 Å². The normalized spacial score (nSPS) is 18.0. The van der Waals surface area contributed by atoms with Gasteiger partial charge >= 0.3 is 6.16 Å². The molecule has 0 spiro atoms. The van der Waals surface area contributed by atoms with Crippen LogP contribution in [0.3, 0.4) is 0 Å². The van der Waals surface area contributed by atoms with Crippen molar-refractivity contribution in [3.63, 3.8) is 0 Å². The second kappa shape index (κ2) is 16.7. The summed E-state index contributed by atoms with van der Waals surface area (Å²) in [5, 5.41) is 4.03. The Bertz CT molecular complexity index is 2020. The smallest absolute Gasteiger partial charge is 0.427 e. The Balaban J connectivity index is 1.28. The number of fused-ring (bicyclic) bond motifs is 1. The van der Waals surface area contributed by atoms with Crippen molar-refractivity contribution in [1.29, 1.82) is 0 Å². The average molecular weight is 785 g/mol. The highest BCUT2D eigenvalue weighted by Gasteiger charge is 2.44. The summed E-state index contributed by atoms with van der Waals surface area (Å²) in [4.78, 5) is 19.1. The molecule has 7 heteroatoms. The van der Waals surface area contributed by atoms with Gasteiger partial charge in [0.15, 0.2) is 0 Å². The van der Waals surface area contributed by atoms with Crippen LogP contribution in [-0.2, 0) is 31.3 Å². The van der Waals surface area contributed by atoms with Crippen LogP contribution in [0, 0.1) is 5.92 Å². The number of nitrogens with zero attached hydrogens (tertiary/aromatic N) is 1. The van der Waals surface area contributed by atoms with Crippen molar-refractivity contribution in [3.8, 4) is 0 Å². The summed E-state index contributed by atoms with van der Waals surface area (Å²) >= 11 is 3.64. The van der Waals surface area contributed by atoms with Gasteiger partial charge in [-0.3, -0.25) is 0 Å². The minimum atomic E-state index is -0.927. The molecule has 0 radical (unpaired) electrons. The predicted molar refractivity (Wildman–Crippen MR) is 217 cm³/mol. The van der Waals surface area contributed by atoms with E-state index >= 15 is 0 Å². The Kier molecular flexibility index (Phi) is 11.6. The zero-order chi connectivity index (χ0) is 37.5. The minimum absolute atomic E-state index is 0.0999. The third-order valence-electron chi connectivity index (χ3n) is 9.91. The molecule has 7 rings (SSSR count). The van der Waals surface area contributed by atoms with Gasteiger partial charge in [-0.25, -0.2) is 4.79 Å². The van der Waals surface area contributed by atoms with Crippen molar-refractivity contribution >= 4 is 32.9 Å². The van der Waals surface area contributed by atoms with E-state index in [9.17, 15) is 4.79 Å². The number of benzene rings is 6. The Labute approximate surface area is 326 Å². The molecule has 1 heterocycles. The lowest BCUT2D eigenvalue weighted by atomic mass is 9.77. The van der Waals surface area contributed by atoms with Gasteiger partial charge in [0.25, 0.3) is 0 Å². The average Bonchev–Trinajstić information content (AvgIpc) is 3.18. The molecule has 1 fully saturated rings. The zero-order valence-electron chi connectivity index (χ0n) is 30.9. The molecular formula is C47H46BrNO5. The lowest BCUT2D eigenvalue weighted by Gasteiger charge is -2.44. The molecule has 6 aromatic rings. The molecule has 0 aromatic heterocycles. The van der Waals surface area contributed by atoms with E-state index in [1.54, 1.807) is 5.06 Å². The molecule has 3 unspecified atom stereocenters. The van der Waals surface area contributed by atoms with Crippen molar-refractivity contribution in [2.75, 3.05) is 19.7 Å². The van der Waals surface area contributed by atoms with Gasteiger partial charge in [-0.2, -0.15) is 0 Å². The Morgan fingerprint density at radius 2 is 1.24 bits per heavy atom. The number of rotatable bonds is 11. The van der Waals surface area contributed by atoms with Crippen molar-refractivity contribution in [1.82, 2.24) is 5.06 Å². The van der Waals surface area contributed by atoms with Crippen molar-refractivity contribution in [2.45, 2.75) is 50.6 Å². The summed E-state index contributed by atoms with van der Waals surface area (Å²) in [5.74, 6) is -0.267. The van der Waals surface area contributed by atoms with E-state index in [1.807, 2.05) is 45.0 Å². The van der Waals surface area contributed by atoms with Crippen LogP contribution in [-0.4, -0.2) is 42.6 Å². The maximum Gasteiger partial charge on any atom is 0.528 e. The summed E-state index contributed by atoms with van der Waals surface area (Å²) in [7, 11) is 0. The molecule has 6 aromatic carbocycles. The Morgan fingerprint density at radius 1 is 0.685 bits per heavy atom. The van der Waals surface area contributed by atoms with Crippen LogP contribution >= 0.6 is 15.9 Å². The van der Waals surface area contributed by atoms with Crippen molar-refractivity contribution < 1.29 is 23.8 Å². The molecule has 54 heavy (non-hydrogen) atoms. The maximum absolute atomic E-state index is 13.1. The zero-order valence-corrected chi connectivity index (χ0v) is 32.5. The van der Waals surface area contributed by atoms with Crippen LogP contribution < -0.4 is 0 Å².